The number of fused-ring (bicyclic) bond motifs is 3. The maximum atomic E-state index is 12.5. The van der Waals surface area contributed by atoms with Crippen LogP contribution >= 0.6 is 34.5 Å². The number of amides is 2. The van der Waals surface area contributed by atoms with Crippen LogP contribution in [0.1, 0.15) is 46.9 Å². The van der Waals surface area contributed by atoms with Crippen molar-refractivity contribution in [3.8, 4) is 17.6 Å². The number of ether oxygens (including phenoxy) is 1. The number of benzene rings is 1. The summed E-state index contributed by atoms with van der Waals surface area (Å²) in [6.07, 6.45) is 2.35. The zero-order valence-corrected chi connectivity index (χ0v) is 20.4. The van der Waals surface area contributed by atoms with Gasteiger partial charge in [-0.25, -0.2) is 4.79 Å². The third-order valence-electron chi connectivity index (χ3n) is 6.04. The lowest BCUT2D eigenvalue weighted by atomic mass is 9.91. The molecule has 2 fully saturated rings. The van der Waals surface area contributed by atoms with E-state index in [9.17, 15) is 9.59 Å². The smallest absolute Gasteiger partial charge is 0.412 e. The minimum atomic E-state index is -0.764. The van der Waals surface area contributed by atoms with Crippen molar-refractivity contribution < 1.29 is 23.7 Å². The summed E-state index contributed by atoms with van der Waals surface area (Å²) in [6, 6.07) is 8.83. The number of carbonyl (C=O) groups excluding carboxylic acids is 2. The van der Waals surface area contributed by atoms with Crippen LogP contribution in [0, 0.1) is 17.3 Å². The fraction of sp³-hybridized carbons (Fsp3) is 0.208. The summed E-state index contributed by atoms with van der Waals surface area (Å²) in [4.78, 5) is 32.0. The van der Waals surface area contributed by atoms with Crippen molar-refractivity contribution in [2.24, 2.45) is 5.41 Å². The maximum Gasteiger partial charge on any atom is 0.412 e. The molecule has 6 rings (SSSR count). The number of anilines is 1. The second-order valence-electron chi connectivity index (χ2n) is 8.26. The number of hydroxylamine groups is 2. The predicted molar refractivity (Wildman–Crippen MR) is 129 cm³/mol. The first-order valence-corrected chi connectivity index (χ1v) is 12.2. The third kappa shape index (κ3) is 3.65. The van der Waals surface area contributed by atoms with Crippen LogP contribution in [0.15, 0.2) is 40.6 Å². The first-order chi connectivity index (χ1) is 16.9. The molecule has 1 N–H and O–H groups in total. The molecule has 2 aromatic heterocycles. The monoisotopic (exact) mass is 527 g/mol. The summed E-state index contributed by atoms with van der Waals surface area (Å²) in [5, 5.41) is 7.99. The first kappa shape index (κ1) is 22.0. The van der Waals surface area contributed by atoms with Gasteiger partial charge in [-0.05, 0) is 43.7 Å². The molecule has 8 nitrogen and oxygen atoms in total. The van der Waals surface area contributed by atoms with Gasteiger partial charge in [0.15, 0.2) is 10.9 Å². The van der Waals surface area contributed by atoms with Crippen LogP contribution in [-0.2, 0) is 9.53 Å². The summed E-state index contributed by atoms with van der Waals surface area (Å²) in [7, 11) is 0. The summed E-state index contributed by atoms with van der Waals surface area (Å²) < 4.78 is 10.6. The van der Waals surface area contributed by atoms with Gasteiger partial charge in [0.2, 0.25) is 5.76 Å². The van der Waals surface area contributed by atoms with Crippen molar-refractivity contribution in [3.05, 3.63) is 67.3 Å². The molecule has 2 amide bonds. The second-order valence-corrected chi connectivity index (χ2v) is 10.1. The SMILES string of the molecule is CC(OC(=O)Nc1c(Cl)noc1C#Cc1cc2c(s1)C=C1N(O2)C(=O)C12CC2)c1ccccc1Cl. The predicted octanol–water partition coefficient (Wildman–Crippen LogP) is 6.02. The maximum absolute atomic E-state index is 12.5. The van der Waals surface area contributed by atoms with Gasteiger partial charge in [0.05, 0.1) is 20.9 Å². The van der Waals surface area contributed by atoms with E-state index in [1.165, 1.54) is 16.4 Å². The van der Waals surface area contributed by atoms with E-state index in [1.807, 2.05) is 6.08 Å². The number of β-lactam (4-membered cyclic amide) rings is 1. The zero-order chi connectivity index (χ0) is 24.3. The molecule has 3 aromatic rings. The van der Waals surface area contributed by atoms with Crippen LogP contribution in [0.3, 0.4) is 0 Å². The number of hydrogen-bond donors (Lipinski definition) is 1. The summed E-state index contributed by atoms with van der Waals surface area (Å²) in [6.45, 7) is 1.70. The Morgan fingerprint density at radius 3 is 2.89 bits per heavy atom. The molecular weight excluding hydrogens is 513 g/mol. The molecular formula is C24H15Cl2N3O5S. The number of nitrogens with zero attached hydrogens (tertiary/aromatic N) is 2. The van der Waals surface area contributed by atoms with E-state index in [-0.39, 0.29) is 27.9 Å². The van der Waals surface area contributed by atoms with Crippen LogP contribution in [-0.4, -0.2) is 22.2 Å². The summed E-state index contributed by atoms with van der Waals surface area (Å²) >= 11 is 13.7. The van der Waals surface area contributed by atoms with E-state index in [0.717, 1.165) is 23.4 Å². The van der Waals surface area contributed by atoms with Crippen LogP contribution in [0.5, 0.6) is 5.75 Å². The molecule has 1 aromatic carbocycles. The van der Waals surface area contributed by atoms with Gasteiger partial charge in [0.25, 0.3) is 5.91 Å². The van der Waals surface area contributed by atoms with Crippen molar-refractivity contribution in [1.29, 1.82) is 0 Å². The fourth-order valence-corrected chi connectivity index (χ4v) is 5.35. The number of thiophene rings is 1. The second kappa shape index (κ2) is 8.05. The van der Waals surface area contributed by atoms with Gasteiger partial charge in [-0.3, -0.25) is 10.1 Å². The molecule has 2 aliphatic heterocycles. The van der Waals surface area contributed by atoms with Crippen LogP contribution < -0.4 is 10.2 Å². The number of carbonyl (C=O) groups is 2. The van der Waals surface area contributed by atoms with E-state index in [1.54, 1.807) is 37.3 Å². The number of rotatable bonds is 3. The Morgan fingerprint density at radius 2 is 2.11 bits per heavy atom. The highest BCUT2D eigenvalue weighted by molar-refractivity contribution is 7.13. The highest BCUT2D eigenvalue weighted by Gasteiger charge is 2.67. The number of aromatic nitrogens is 1. The molecule has 3 aliphatic rings. The summed E-state index contributed by atoms with van der Waals surface area (Å²) in [5.41, 5.74) is 1.34. The molecule has 1 atom stereocenters. The van der Waals surface area contributed by atoms with E-state index in [0.29, 0.717) is 21.2 Å². The molecule has 0 bridgehead atoms. The van der Waals surface area contributed by atoms with Crippen molar-refractivity contribution >= 4 is 58.3 Å². The number of halogens is 2. The average molecular weight is 528 g/mol. The lowest BCUT2D eigenvalue weighted by Gasteiger charge is -2.42. The van der Waals surface area contributed by atoms with Gasteiger partial charge in [-0.2, -0.15) is 0 Å². The normalized spacial score (nSPS) is 17.2. The Hall–Kier alpha value is -3.45. The average Bonchev–Trinajstić information content (AvgIpc) is 3.49. The highest BCUT2D eigenvalue weighted by Crippen LogP contribution is 2.63. The Labute approximate surface area is 213 Å². The third-order valence-corrected chi connectivity index (χ3v) is 7.62. The van der Waals surface area contributed by atoms with Crippen molar-refractivity contribution in [2.45, 2.75) is 25.9 Å². The fourth-order valence-electron chi connectivity index (χ4n) is 4.02. The Balaban J connectivity index is 1.18. The minimum absolute atomic E-state index is 0.0102. The Kier molecular flexibility index (Phi) is 5.07. The van der Waals surface area contributed by atoms with Crippen LogP contribution in [0.4, 0.5) is 10.5 Å². The van der Waals surface area contributed by atoms with Gasteiger partial charge in [0.1, 0.15) is 11.8 Å². The van der Waals surface area contributed by atoms with Crippen LogP contribution in [0.2, 0.25) is 10.2 Å². The number of hydrogen-bond acceptors (Lipinski definition) is 7. The van der Waals surface area contributed by atoms with Crippen LogP contribution in [0.25, 0.3) is 6.08 Å². The molecule has 1 saturated heterocycles. The van der Waals surface area contributed by atoms with Gasteiger partial charge in [0, 0.05) is 16.7 Å². The molecule has 11 heteroatoms. The molecule has 4 heterocycles. The minimum Gasteiger partial charge on any atom is -0.441 e. The summed E-state index contributed by atoms with van der Waals surface area (Å²) in [5.74, 6) is 6.45. The molecule has 1 unspecified atom stereocenters. The van der Waals surface area contributed by atoms with Crippen molar-refractivity contribution in [3.63, 3.8) is 0 Å². The lowest BCUT2D eigenvalue weighted by Crippen LogP contribution is -2.54. The topological polar surface area (TPSA) is 93.9 Å². The number of nitrogens with one attached hydrogen (secondary N) is 1. The van der Waals surface area contributed by atoms with Gasteiger partial charge in [-0.1, -0.05) is 46.6 Å². The van der Waals surface area contributed by atoms with Gasteiger partial charge < -0.3 is 14.1 Å². The van der Waals surface area contributed by atoms with Gasteiger partial charge >= 0.3 is 6.09 Å². The first-order valence-electron chi connectivity index (χ1n) is 10.6. The van der Waals surface area contributed by atoms with E-state index in [2.05, 4.69) is 22.3 Å². The largest absolute Gasteiger partial charge is 0.441 e. The Bertz CT molecular complexity index is 1490. The van der Waals surface area contributed by atoms with E-state index in [4.69, 9.17) is 37.3 Å². The molecule has 35 heavy (non-hydrogen) atoms. The quantitative estimate of drug-likeness (QED) is 0.330. The molecule has 1 saturated carbocycles. The standard InChI is InChI=1S/C24H15Cl2N3O5S/c1-12(14-4-2-3-5-15(14)25)32-23(31)27-20-16(33-28-21(20)26)7-6-13-10-17-18(35-13)11-19-24(8-9-24)22(30)29(19)34-17/h2-5,10-12H,8-9H2,1H3,(H,27,31). The molecule has 1 aliphatic carbocycles. The zero-order valence-electron chi connectivity index (χ0n) is 18.1. The van der Waals surface area contributed by atoms with E-state index < -0.39 is 12.2 Å². The lowest BCUT2D eigenvalue weighted by molar-refractivity contribution is -0.175. The Morgan fingerprint density at radius 1 is 1.31 bits per heavy atom. The molecule has 0 radical (unpaired) electrons. The van der Waals surface area contributed by atoms with Gasteiger partial charge in [-0.15, -0.1) is 16.4 Å². The molecule has 176 valence electrons. The van der Waals surface area contributed by atoms with Crippen molar-refractivity contribution in [1.82, 2.24) is 10.2 Å². The molecule has 1 spiro atoms. The van der Waals surface area contributed by atoms with E-state index >= 15 is 0 Å². The highest BCUT2D eigenvalue weighted by atomic mass is 35.5. The van der Waals surface area contributed by atoms with Crippen molar-refractivity contribution in [2.75, 3.05) is 5.32 Å².